The van der Waals surface area contributed by atoms with Gasteiger partial charge in [0.25, 0.3) is 0 Å². The van der Waals surface area contributed by atoms with Crippen LogP contribution < -0.4 is 5.73 Å². The lowest BCUT2D eigenvalue weighted by molar-refractivity contribution is 0.0680. The van der Waals surface area contributed by atoms with Crippen molar-refractivity contribution in [3.63, 3.8) is 0 Å². The molecule has 1 heterocycles. The minimum atomic E-state index is -1.06. The standard InChI is InChI=1S/C6H9N3O2/c1-3-4(7)9(2)5(8-3)6(10)11/h7H2,1-2H3,(H,10,11). The number of carboxylic acid groups (broad SMARTS) is 1. The Hall–Kier alpha value is -1.52. The molecule has 0 fully saturated rings. The predicted molar refractivity (Wildman–Crippen MR) is 39.3 cm³/mol. The number of nitrogen functional groups attached to an aromatic ring is 1. The van der Waals surface area contributed by atoms with Crippen LogP contribution in [0.25, 0.3) is 0 Å². The summed E-state index contributed by atoms with van der Waals surface area (Å²) in [4.78, 5) is 14.2. The summed E-state index contributed by atoms with van der Waals surface area (Å²) < 4.78 is 1.34. The van der Waals surface area contributed by atoms with E-state index in [0.29, 0.717) is 11.5 Å². The molecule has 0 saturated heterocycles. The smallest absolute Gasteiger partial charge is 0.372 e. The zero-order valence-electron chi connectivity index (χ0n) is 6.33. The molecular weight excluding hydrogens is 146 g/mol. The van der Waals surface area contributed by atoms with Crippen LogP contribution >= 0.6 is 0 Å². The van der Waals surface area contributed by atoms with Crippen LogP contribution in [-0.4, -0.2) is 20.6 Å². The molecule has 0 saturated carbocycles. The molecule has 0 atom stereocenters. The number of nitrogens with zero attached hydrogens (tertiary/aromatic N) is 2. The van der Waals surface area contributed by atoms with Gasteiger partial charge in [-0.3, -0.25) is 0 Å². The minimum Gasteiger partial charge on any atom is -0.475 e. The van der Waals surface area contributed by atoms with Gasteiger partial charge in [0.1, 0.15) is 5.82 Å². The van der Waals surface area contributed by atoms with Crippen molar-refractivity contribution in [1.29, 1.82) is 0 Å². The first kappa shape index (κ1) is 7.59. The highest BCUT2D eigenvalue weighted by Gasteiger charge is 2.13. The number of aromatic carboxylic acids is 1. The highest BCUT2D eigenvalue weighted by molar-refractivity contribution is 5.84. The third-order valence-electron chi connectivity index (χ3n) is 1.51. The van der Waals surface area contributed by atoms with Gasteiger partial charge in [-0.1, -0.05) is 0 Å². The normalized spacial score (nSPS) is 10.0. The van der Waals surface area contributed by atoms with E-state index in [1.54, 1.807) is 14.0 Å². The topological polar surface area (TPSA) is 81.1 Å². The quantitative estimate of drug-likeness (QED) is 0.598. The summed E-state index contributed by atoms with van der Waals surface area (Å²) in [5.41, 5.74) is 6.02. The molecule has 5 heteroatoms. The van der Waals surface area contributed by atoms with E-state index < -0.39 is 5.97 Å². The van der Waals surface area contributed by atoms with Gasteiger partial charge in [-0.2, -0.15) is 0 Å². The number of hydrogen-bond acceptors (Lipinski definition) is 3. The first-order valence-electron chi connectivity index (χ1n) is 3.06. The van der Waals surface area contributed by atoms with Crippen LogP contribution in [0.15, 0.2) is 0 Å². The third-order valence-corrected chi connectivity index (χ3v) is 1.51. The fourth-order valence-corrected chi connectivity index (χ4v) is 0.839. The Labute approximate surface area is 63.5 Å². The molecule has 0 radical (unpaired) electrons. The number of aromatic nitrogens is 2. The Kier molecular flexibility index (Phi) is 1.56. The average Bonchev–Trinajstić information content (AvgIpc) is 2.17. The Balaban J connectivity index is 3.29. The monoisotopic (exact) mass is 155 g/mol. The minimum absolute atomic E-state index is 0.0278. The van der Waals surface area contributed by atoms with E-state index in [4.69, 9.17) is 10.8 Å². The van der Waals surface area contributed by atoms with Crippen molar-refractivity contribution in [2.45, 2.75) is 6.92 Å². The predicted octanol–water partition coefficient (Wildman–Crippen LogP) is 0.00892. The number of hydrogen-bond donors (Lipinski definition) is 2. The second-order valence-electron chi connectivity index (χ2n) is 2.27. The molecule has 11 heavy (non-hydrogen) atoms. The number of anilines is 1. The molecular formula is C6H9N3O2. The van der Waals surface area contributed by atoms with Gasteiger partial charge in [0.05, 0.1) is 5.69 Å². The summed E-state index contributed by atoms with van der Waals surface area (Å²) in [5.74, 6) is -0.699. The number of aryl methyl sites for hydroxylation is 1. The zero-order valence-corrected chi connectivity index (χ0v) is 6.33. The lowest BCUT2D eigenvalue weighted by atomic mass is 10.5. The molecule has 0 bridgehead atoms. The molecule has 0 amide bonds. The number of nitrogens with two attached hydrogens (primary N) is 1. The summed E-state index contributed by atoms with van der Waals surface area (Å²) in [6, 6.07) is 0. The van der Waals surface area contributed by atoms with E-state index in [1.165, 1.54) is 4.57 Å². The Morgan fingerprint density at radius 3 is 2.45 bits per heavy atom. The van der Waals surface area contributed by atoms with Gasteiger partial charge in [0.2, 0.25) is 5.82 Å². The molecule has 1 aromatic rings. The Morgan fingerprint density at radius 2 is 2.27 bits per heavy atom. The summed E-state index contributed by atoms with van der Waals surface area (Å²) >= 11 is 0. The molecule has 0 aliphatic carbocycles. The van der Waals surface area contributed by atoms with Crippen LogP contribution in [0.2, 0.25) is 0 Å². The van der Waals surface area contributed by atoms with Crippen LogP contribution in [-0.2, 0) is 7.05 Å². The van der Waals surface area contributed by atoms with Gasteiger partial charge >= 0.3 is 5.97 Å². The summed E-state index contributed by atoms with van der Waals surface area (Å²) in [6.45, 7) is 1.67. The fourth-order valence-electron chi connectivity index (χ4n) is 0.839. The molecule has 1 aromatic heterocycles. The Morgan fingerprint density at radius 1 is 1.73 bits per heavy atom. The highest BCUT2D eigenvalue weighted by atomic mass is 16.4. The number of carbonyl (C=O) groups is 1. The maximum atomic E-state index is 10.4. The van der Waals surface area contributed by atoms with Gasteiger partial charge in [-0.25, -0.2) is 9.78 Å². The number of imidazole rings is 1. The van der Waals surface area contributed by atoms with Crippen LogP contribution in [0.4, 0.5) is 5.82 Å². The van der Waals surface area contributed by atoms with Crippen molar-refractivity contribution in [3.05, 3.63) is 11.5 Å². The van der Waals surface area contributed by atoms with Crippen LogP contribution in [0.3, 0.4) is 0 Å². The lowest BCUT2D eigenvalue weighted by Crippen LogP contribution is -2.07. The summed E-state index contributed by atoms with van der Waals surface area (Å²) in [7, 11) is 1.57. The van der Waals surface area contributed by atoms with Crippen LogP contribution in [0, 0.1) is 6.92 Å². The van der Waals surface area contributed by atoms with E-state index in [2.05, 4.69) is 4.98 Å². The van der Waals surface area contributed by atoms with Crippen molar-refractivity contribution in [1.82, 2.24) is 9.55 Å². The summed E-state index contributed by atoms with van der Waals surface area (Å²) in [6.07, 6.45) is 0. The van der Waals surface area contributed by atoms with Crippen molar-refractivity contribution in [2.75, 3.05) is 5.73 Å². The van der Waals surface area contributed by atoms with Gasteiger partial charge in [0.15, 0.2) is 0 Å². The number of carboxylic acids is 1. The number of rotatable bonds is 1. The molecule has 5 nitrogen and oxygen atoms in total. The van der Waals surface area contributed by atoms with Crippen molar-refractivity contribution < 1.29 is 9.90 Å². The zero-order chi connectivity index (χ0) is 8.59. The van der Waals surface area contributed by atoms with Crippen LogP contribution in [0.5, 0.6) is 0 Å². The molecule has 0 aromatic carbocycles. The third kappa shape index (κ3) is 1.04. The van der Waals surface area contributed by atoms with E-state index in [9.17, 15) is 4.79 Å². The maximum Gasteiger partial charge on any atom is 0.372 e. The van der Waals surface area contributed by atoms with Gasteiger partial charge in [-0.05, 0) is 6.92 Å². The van der Waals surface area contributed by atoms with E-state index in [0.717, 1.165) is 0 Å². The van der Waals surface area contributed by atoms with Crippen molar-refractivity contribution in [2.24, 2.45) is 7.05 Å². The molecule has 0 aliphatic rings. The Bertz CT molecular complexity index is 303. The first-order valence-corrected chi connectivity index (χ1v) is 3.06. The molecule has 0 unspecified atom stereocenters. The SMILES string of the molecule is Cc1nc(C(=O)O)n(C)c1N. The average molecular weight is 155 g/mol. The van der Waals surface area contributed by atoms with Gasteiger partial charge in [-0.15, -0.1) is 0 Å². The maximum absolute atomic E-state index is 10.4. The van der Waals surface area contributed by atoms with E-state index in [-0.39, 0.29) is 5.82 Å². The van der Waals surface area contributed by atoms with E-state index in [1.807, 2.05) is 0 Å². The molecule has 1 rings (SSSR count). The summed E-state index contributed by atoms with van der Waals surface area (Å²) in [5, 5.41) is 8.56. The highest BCUT2D eigenvalue weighted by Crippen LogP contribution is 2.10. The van der Waals surface area contributed by atoms with Crippen molar-refractivity contribution >= 4 is 11.8 Å². The van der Waals surface area contributed by atoms with Crippen molar-refractivity contribution in [3.8, 4) is 0 Å². The molecule has 0 aliphatic heterocycles. The van der Waals surface area contributed by atoms with Gasteiger partial charge in [0, 0.05) is 7.05 Å². The van der Waals surface area contributed by atoms with E-state index >= 15 is 0 Å². The molecule has 60 valence electrons. The second-order valence-corrected chi connectivity index (χ2v) is 2.27. The van der Waals surface area contributed by atoms with Crippen LogP contribution in [0.1, 0.15) is 16.3 Å². The molecule has 0 spiro atoms. The molecule has 3 N–H and O–H groups in total. The second kappa shape index (κ2) is 2.26. The van der Waals surface area contributed by atoms with Gasteiger partial charge < -0.3 is 15.4 Å². The largest absolute Gasteiger partial charge is 0.475 e. The first-order chi connectivity index (χ1) is 5.04. The fraction of sp³-hybridized carbons (Fsp3) is 0.333. The lowest BCUT2D eigenvalue weighted by Gasteiger charge is -1.96.